The molecule has 10 heteroatoms. The minimum atomic E-state index is -3.77. The van der Waals surface area contributed by atoms with E-state index in [1.165, 1.54) is 0 Å². The van der Waals surface area contributed by atoms with E-state index in [0.29, 0.717) is 54.0 Å². The van der Waals surface area contributed by atoms with Gasteiger partial charge in [-0.25, -0.2) is 4.98 Å². The van der Waals surface area contributed by atoms with Gasteiger partial charge in [-0.15, -0.1) is 0 Å². The molecule has 1 fully saturated rings. The first kappa shape index (κ1) is 21.7. The van der Waals surface area contributed by atoms with E-state index < -0.39 is 15.4 Å². The molecule has 1 aromatic heterocycles. The van der Waals surface area contributed by atoms with E-state index in [1.807, 2.05) is 19.1 Å². The summed E-state index contributed by atoms with van der Waals surface area (Å²) in [6.45, 7) is 2.23. The highest BCUT2D eigenvalue weighted by Crippen LogP contribution is 2.43. The lowest BCUT2D eigenvalue weighted by Gasteiger charge is -2.18. The van der Waals surface area contributed by atoms with Gasteiger partial charge in [-0.05, 0) is 55.2 Å². The van der Waals surface area contributed by atoms with Crippen molar-refractivity contribution in [2.45, 2.75) is 31.4 Å². The van der Waals surface area contributed by atoms with E-state index in [0.717, 1.165) is 5.56 Å². The highest BCUT2D eigenvalue weighted by molar-refractivity contribution is 7.88. The van der Waals surface area contributed by atoms with Gasteiger partial charge in [0.05, 0.1) is 17.4 Å². The molecule has 1 heterocycles. The second kappa shape index (κ2) is 8.54. The topological polar surface area (TPSA) is 156 Å². The number of hydrogen-bond donors (Lipinski definition) is 3. The van der Waals surface area contributed by atoms with E-state index in [2.05, 4.69) is 9.97 Å². The van der Waals surface area contributed by atoms with Crippen molar-refractivity contribution in [2.24, 2.45) is 0 Å². The summed E-state index contributed by atoms with van der Waals surface area (Å²) < 4.78 is 36.9. The smallest absolute Gasteiger partial charge is 0.312 e. The zero-order valence-corrected chi connectivity index (χ0v) is 18.4. The number of aromatic nitrogens is 2. The Morgan fingerprint density at radius 1 is 1.09 bits per heavy atom. The van der Waals surface area contributed by atoms with Crippen molar-refractivity contribution >= 4 is 27.6 Å². The standard InChI is InChI=1S/C22H25N5O4S/c1-2-30-18-9-13(8-15-12-26-22(25)27-21(15)24)10-19(31-32(28,29)17-6-7-17)20(18)14-4-3-5-16(23)11-14/h3-5,9-12,17H,2,6-8,23H2,1H3,(H4,24,25,26,27). The second-order valence-electron chi connectivity index (χ2n) is 7.62. The van der Waals surface area contributed by atoms with Crippen molar-refractivity contribution in [3.63, 3.8) is 0 Å². The maximum Gasteiger partial charge on any atom is 0.312 e. The van der Waals surface area contributed by atoms with Gasteiger partial charge in [0.1, 0.15) is 11.6 Å². The Hall–Kier alpha value is -3.53. The number of anilines is 3. The van der Waals surface area contributed by atoms with Gasteiger partial charge < -0.3 is 26.1 Å². The molecule has 9 nitrogen and oxygen atoms in total. The number of benzene rings is 2. The number of nitrogens with zero attached hydrogens (tertiary/aromatic N) is 2. The zero-order chi connectivity index (χ0) is 22.9. The van der Waals surface area contributed by atoms with Gasteiger partial charge in [-0.1, -0.05) is 12.1 Å². The van der Waals surface area contributed by atoms with Gasteiger partial charge in [0, 0.05) is 23.9 Å². The summed E-state index contributed by atoms with van der Waals surface area (Å²) in [6.07, 6.45) is 3.06. The molecule has 0 spiro atoms. The van der Waals surface area contributed by atoms with Crippen molar-refractivity contribution in [3.8, 4) is 22.6 Å². The molecule has 0 amide bonds. The molecule has 0 radical (unpaired) electrons. The Bertz CT molecular complexity index is 1260. The van der Waals surface area contributed by atoms with Gasteiger partial charge in [-0.3, -0.25) is 0 Å². The summed E-state index contributed by atoms with van der Waals surface area (Å²) in [6, 6.07) is 10.6. The van der Waals surface area contributed by atoms with Gasteiger partial charge in [0.15, 0.2) is 5.75 Å². The zero-order valence-electron chi connectivity index (χ0n) is 17.6. The van der Waals surface area contributed by atoms with Gasteiger partial charge in [0.25, 0.3) is 0 Å². The Labute approximate surface area is 186 Å². The molecule has 0 atom stereocenters. The number of rotatable bonds is 8. The van der Waals surface area contributed by atoms with Crippen molar-refractivity contribution in [1.29, 1.82) is 0 Å². The van der Waals surface area contributed by atoms with Crippen LogP contribution in [0.1, 0.15) is 30.9 Å². The van der Waals surface area contributed by atoms with Gasteiger partial charge in [-0.2, -0.15) is 13.4 Å². The van der Waals surface area contributed by atoms with Crippen molar-refractivity contribution in [2.75, 3.05) is 23.8 Å². The molecule has 6 N–H and O–H groups in total. The minimum Gasteiger partial charge on any atom is -0.493 e. The Kier molecular flexibility index (Phi) is 5.79. The SMILES string of the molecule is CCOc1cc(Cc2cnc(N)nc2N)cc(OS(=O)(=O)C2CC2)c1-c1cccc(N)c1. The summed E-state index contributed by atoms with van der Waals surface area (Å²) in [5.41, 5.74) is 20.7. The van der Waals surface area contributed by atoms with Crippen LogP contribution in [0.15, 0.2) is 42.6 Å². The maximum absolute atomic E-state index is 12.7. The third-order valence-corrected chi connectivity index (χ3v) is 6.75. The fraction of sp³-hybridized carbons (Fsp3) is 0.273. The van der Waals surface area contributed by atoms with Crippen LogP contribution in [-0.2, 0) is 16.5 Å². The molecule has 32 heavy (non-hydrogen) atoms. The van der Waals surface area contributed by atoms with E-state index in [9.17, 15) is 8.42 Å². The predicted octanol–water partition coefficient (Wildman–Crippen LogP) is 2.75. The molecule has 1 saturated carbocycles. The van der Waals surface area contributed by atoms with Crippen LogP contribution in [0.2, 0.25) is 0 Å². The Balaban J connectivity index is 1.85. The third-order valence-electron chi connectivity index (χ3n) is 5.05. The first-order valence-corrected chi connectivity index (χ1v) is 11.7. The van der Waals surface area contributed by atoms with Crippen LogP contribution >= 0.6 is 0 Å². The molecular weight excluding hydrogens is 430 g/mol. The number of hydrogen-bond acceptors (Lipinski definition) is 9. The normalized spacial score (nSPS) is 13.7. The molecular formula is C22H25N5O4S. The molecule has 1 aliphatic carbocycles. The second-order valence-corrected chi connectivity index (χ2v) is 9.44. The lowest BCUT2D eigenvalue weighted by molar-refractivity contribution is 0.340. The van der Waals surface area contributed by atoms with Crippen LogP contribution in [0, 0.1) is 0 Å². The summed E-state index contributed by atoms with van der Waals surface area (Å²) in [7, 11) is -3.77. The summed E-state index contributed by atoms with van der Waals surface area (Å²) in [5, 5.41) is -0.489. The highest BCUT2D eigenvalue weighted by atomic mass is 32.2. The molecule has 0 aliphatic heterocycles. The largest absolute Gasteiger partial charge is 0.493 e. The molecule has 0 unspecified atom stereocenters. The molecule has 1 aliphatic rings. The number of ether oxygens (including phenoxy) is 1. The maximum atomic E-state index is 12.7. The van der Waals surface area contributed by atoms with Crippen LogP contribution in [0.5, 0.6) is 11.5 Å². The summed E-state index contributed by atoms with van der Waals surface area (Å²) in [5.74, 6) is 0.992. The molecule has 168 valence electrons. The monoisotopic (exact) mass is 455 g/mol. The predicted molar refractivity (Wildman–Crippen MR) is 124 cm³/mol. The summed E-state index contributed by atoms with van der Waals surface area (Å²) in [4.78, 5) is 7.99. The Morgan fingerprint density at radius 3 is 2.50 bits per heavy atom. The third kappa shape index (κ3) is 4.70. The summed E-state index contributed by atoms with van der Waals surface area (Å²) >= 11 is 0. The van der Waals surface area contributed by atoms with Crippen LogP contribution in [0.25, 0.3) is 11.1 Å². The molecule has 4 rings (SSSR count). The van der Waals surface area contributed by atoms with Crippen molar-refractivity contribution < 1.29 is 17.3 Å². The van der Waals surface area contributed by atoms with Crippen LogP contribution in [0.4, 0.5) is 17.5 Å². The Morgan fingerprint density at radius 2 is 1.84 bits per heavy atom. The van der Waals surface area contributed by atoms with E-state index in [4.69, 9.17) is 26.1 Å². The fourth-order valence-corrected chi connectivity index (χ4v) is 4.63. The minimum absolute atomic E-state index is 0.0813. The van der Waals surface area contributed by atoms with E-state index in [-0.39, 0.29) is 17.5 Å². The fourth-order valence-electron chi connectivity index (χ4n) is 3.40. The lowest BCUT2D eigenvalue weighted by Crippen LogP contribution is -2.15. The average molecular weight is 456 g/mol. The highest BCUT2D eigenvalue weighted by Gasteiger charge is 2.38. The number of nitrogens with two attached hydrogens (primary N) is 3. The van der Waals surface area contributed by atoms with Crippen LogP contribution < -0.4 is 26.1 Å². The van der Waals surface area contributed by atoms with E-state index >= 15 is 0 Å². The molecule has 2 aromatic carbocycles. The molecule has 3 aromatic rings. The van der Waals surface area contributed by atoms with E-state index in [1.54, 1.807) is 30.5 Å². The molecule has 0 saturated heterocycles. The lowest BCUT2D eigenvalue weighted by atomic mass is 9.98. The van der Waals surface area contributed by atoms with Crippen molar-refractivity contribution in [3.05, 3.63) is 53.7 Å². The first-order chi connectivity index (χ1) is 15.3. The van der Waals surface area contributed by atoms with Gasteiger partial charge in [0.2, 0.25) is 5.95 Å². The first-order valence-electron chi connectivity index (χ1n) is 10.2. The average Bonchev–Trinajstić information content (AvgIpc) is 3.56. The van der Waals surface area contributed by atoms with Crippen molar-refractivity contribution in [1.82, 2.24) is 9.97 Å². The quantitative estimate of drug-likeness (QED) is 0.343. The number of nitrogen functional groups attached to an aromatic ring is 3. The molecule has 0 bridgehead atoms. The van der Waals surface area contributed by atoms with Crippen LogP contribution in [-0.4, -0.2) is 30.2 Å². The van der Waals surface area contributed by atoms with Crippen LogP contribution in [0.3, 0.4) is 0 Å². The van der Waals surface area contributed by atoms with Gasteiger partial charge >= 0.3 is 10.1 Å².